The minimum absolute atomic E-state index is 0.0247. The highest BCUT2D eigenvalue weighted by molar-refractivity contribution is 5.85. The van der Waals surface area contributed by atoms with Crippen LogP contribution >= 0.6 is 0 Å². The molecule has 0 aliphatic heterocycles. The summed E-state index contributed by atoms with van der Waals surface area (Å²) in [6.07, 6.45) is -5.43. The smallest absolute Gasteiger partial charge is 0.368 e. The molecular formula is C32H39F6N7. The third-order valence-electron chi connectivity index (χ3n) is 8.21. The molecule has 0 unspecified atom stereocenters. The minimum Gasteiger partial charge on any atom is -0.368 e. The lowest BCUT2D eigenvalue weighted by Crippen LogP contribution is -2.42. The van der Waals surface area contributed by atoms with Crippen LogP contribution in [0.5, 0.6) is 0 Å². The zero-order valence-electron chi connectivity index (χ0n) is 25.6. The number of alkyl halides is 6. The minimum atomic E-state index is -4.98. The molecule has 2 aliphatic carbocycles. The van der Waals surface area contributed by atoms with Crippen LogP contribution in [-0.2, 0) is 25.4 Å². The molecule has 2 aromatic carbocycles. The number of pyridine rings is 1. The lowest BCUT2D eigenvalue weighted by atomic mass is 10.0. The summed E-state index contributed by atoms with van der Waals surface area (Å²) in [5.74, 6) is 7.71. The molecule has 0 radical (unpaired) electrons. The Bertz CT molecular complexity index is 1500. The molecule has 45 heavy (non-hydrogen) atoms. The van der Waals surface area contributed by atoms with E-state index in [1.807, 2.05) is 31.2 Å². The molecule has 13 heteroatoms. The zero-order chi connectivity index (χ0) is 32.7. The summed E-state index contributed by atoms with van der Waals surface area (Å²) in [6.45, 7) is 6.81. The molecule has 3 aromatic rings. The summed E-state index contributed by atoms with van der Waals surface area (Å²) in [6, 6.07) is 9.08. The van der Waals surface area contributed by atoms with Gasteiger partial charge in [-0.3, -0.25) is 0 Å². The molecular weight excluding hydrogens is 596 g/mol. The second kappa shape index (κ2) is 12.6. The number of nitrogens with zero attached hydrogens (tertiary/aromatic N) is 5. The maximum Gasteiger partial charge on any atom is 0.416 e. The number of para-hydroxylation sites is 1. The molecule has 0 amide bonds. The first-order valence-electron chi connectivity index (χ1n) is 15.1. The van der Waals surface area contributed by atoms with Crippen LogP contribution in [0, 0.1) is 18.8 Å². The van der Waals surface area contributed by atoms with Crippen molar-refractivity contribution in [2.75, 3.05) is 18.0 Å². The largest absolute Gasteiger partial charge is 0.416 e. The highest BCUT2D eigenvalue weighted by Crippen LogP contribution is 2.39. The summed E-state index contributed by atoms with van der Waals surface area (Å²) in [5, 5.41) is 6.20. The fourth-order valence-corrected chi connectivity index (χ4v) is 5.29. The van der Waals surface area contributed by atoms with Gasteiger partial charge in [0.25, 0.3) is 0 Å². The number of rotatable bonds is 11. The van der Waals surface area contributed by atoms with Crippen molar-refractivity contribution in [3.8, 4) is 0 Å². The van der Waals surface area contributed by atoms with Crippen molar-refractivity contribution < 1.29 is 26.3 Å². The van der Waals surface area contributed by atoms with E-state index in [2.05, 4.69) is 10.0 Å². The molecule has 2 saturated carbocycles. The number of hydrogen-bond acceptors (Lipinski definition) is 5. The second-order valence-electron chi connectivity index (χ2n) is 12.6. The van der Waals surface area contributed by atoms with Gasteiger partial charge >= 0.3 is 12.4 Å². The van der Waals surface area contributed by atoms with E-state index in [1.54, 1.807) is 13.8 Å². The monoisotopic (exact) mass is 635 g/mol. The maximum atomic E-state index is 13.7. The Morgan fingerprint density at radius 3 is 2.00 bits per heavy atom. The van der Waals surface area contributed by atoms with Crippen molar-refractivity contribution >= 4 is 22.7 Å². The quantitative estimate of drug-likeness (QED) is 0.0774. The number of hydrogen-bond donors (Lipinski definition) is 2. The van der Waals surface area contributed by atoms with Gasteiger partial charge in [-0.15, -0.1) is 5.10 Å². The number of hydrazone groups is 1. The number of aromatic nitrogens is 1. The van der Waals surface area contributed by atoms with Crippen LogP contribution in [0.2, 0.25) is 0 Å². The average Bonchev–Trinajstić information content (AvgIpc) is 3.88. The molecule has 0 bridgehead atoms. The van der Waals surface area contributed by atoms with Crippen molar-refractivity contribution in [1.82, 2.24) is 15.0 Å². The predicted molar refractivity (Wildman–Crippen MR) is 163 cm³/mol. The van der Waals surface area contributed by atoms with Crippen LogP contribution in [0.3, 0.4) is 0 Å². The predicted octanol–water partition coefficient (Wildman–Crippen LogP) is 7.02. The Kier molecular flexibility index (Phi) is 9.12. The highest BCUT2D eigenvalue weighted by Gasteiger charge is 2.37. The van der Waals surface area contributed by atoms with E-state index < -0.39 is 23.5 Å². The van der Waals surface area contributed by atoms with Gasteiger partial charge in [0.1, 0.15) is 5.82 Å². The summed E-state index contributed by atoms with van der Waals surface area (Å²) >= 11 is 0. The van der Waals surface area contributed by atoms with Crippen LogP contribution in [0.25, 0.3) is 10.9 Å². The molecule has 0 spiro atoms. The van der Waals surface area contributed by atoms with Gasteiger partial charge in [0.15, 0.2) is 0 Å². The number of anilines is 1. The van der Waals surface area contributed by atoms with E-state index in [4.69, 9.17) is 16.6 Å². The van der Waals surface area contributed by atoms with Crippen molar-refractivity contribution in [3.63, 3.8) is 0 Å². The van der Waals surface area contributed by atoms with Crippen molar-refractivity contribution in [2.24, 2.45) is 28.5 Å². The lowest BCUT2D eigenvalue weighted by Gasteiger charge is -2.31. The number of nitrogens with two attached hydrogens (primary N) is 2. The third kappa shape index (κ3) is 8.30. The van der Waals surface area contributed by atoms with E-state index in [1.165, 1.54) is 4.90 Å². The molecule has 4 N–H and O–H groups in total. The van der Waals surface area contributed by atoms with Crippen molar-refractivity contribution in [1.29, 1.82) is 0 Å². The van der Waals surface area contributed by atoms with Gasteiger partial charge in [0, 0.05) is 37.1 Å². The summed E-state index contributed by atoms with van der Waals surface area (Å²) in [5.41, 5.74) is 5.98. The fraction of sp³-hybridized carbons (Fsp3) is 0.500. The first-order valence-corrected chi connectivity index (χ1v) is 15.1. The van der Waals surface area contributed by atoms with Crippen molar-refractivity contribution in [3.05, 3.63) is 70.3 Å². The van der Waals surface area contributed by atoms with Gasteiger partial charge in [-0.1, -0.05) is 18.2 Å². The van der Waals surface area contributed by atoms with Gasteiger partial charge in [-0.25, -0.2) is 15.9 Å². The Morgan fingerprint density at radius 2 is 1.49 bits per heavy atom. The number of fused-ring (bicyclic) bond motifs is 1. The Hall–Kier alpha value is -3.74. The molecule has 7 nitrogen and oxygen atoms in total. The Balaban J connectivity index is 1.61. The first-order chi connectivity index (χ1) is 21.1. The number of benzene rings is 2. The van der Waals surface area contributed by atoms with Gasteiger partial charge < -0.3 is 15.5 Å². The topological polar surface area (TPSA) is 87.0 Å². The van der Waals surface area contributed by atoms with Crippen LogP contribution in [0.15, 0.2) is 47.6 Å². The molecule has 1 heterocycles. The van der Waals surface area contributed by atoms with Gasteiger partial charge in [-0.2, -0.15) is 26.3 Å². The van der Waals surface area contributed by atoms with E-state index >= 15 is 0 Å². The van der Waals surface area contributed by atoms with E-state index in [-0.39, 0.29) is 36.7 Å². The summed E-state index contributed by atoms with van der Waals surface area (Å²) in [4.78, 5) is 8.86. The molecule has 2 fully saturated rings. The molecule has 244 valence electrons. The van der Waals surface area contributed by atoms with Crippen LogP contribution < -0.4 is 16.5 Å². The van der Waals surface area contributed by atoms with E-state index in [0.717, 1.165) is 71.7 Å². The van der Waals surface area contributed by atoms with E-state index in [0.29, 0.717) is 24.0 Å². The normalized spacial score (nSPS) is 16.0. The summed E-state index contributed by atoms with van der Waals surface area (Å²) in [7, 11) is 0. The van der Waals surface area contributed by atoms with Crippen LogP contribution in [0.1, 0.15) is 67.3 Å². The Morgan fingerprint density at radius 1 is 0.911 bits per heavy atom. The third-order valence-corrected chi connectivity index (χ3v) is 8.21. The average molecular weight is 636 g/mol. The van der Waals surface area contributed by atoms with Crippen LogP contribution in [0.4, 0.5) is 32.2 Å². The first kappa shape index (κ1) is 32.6. The van der Waals surface area contributed by atoms with Crippen LogP contribution in [-0.4, -0.2) is 40.1 Å². The van der Waals surface area contributed by atoms with E-state index in [9.17, 15) is 26.3 Å². The van der Waals surface area contributed by atoms with Gasteiger partial charge in [0.05, 0.1) is 22.7 Å². The fourth-order valence-electron chi connectivity index (χ4n) is 5.29. The number of guanidine groups is 1. The Labute approximate surface area is 258 Å². The number of aryl methyl sites for hydroxylation is 1. The lowest BCUT2D eigenvalue weighted by molar-refractivity contribution is -0.143. The SMILES string of the molecule is Cc1cccc2cc(CN(Cc3cc(C(F)(F)F)cc(C(F)(F)F)c3)/C(N)=N/N(N)C(C)C)c(N(CC3CC3)CC3CC3)nc12. The standard InChI is InChI=1S/C32H39F6N7/c1-19(2)45(40)42-30(39)44(17-23-11-26(31(33,34)35)14-27(12-23)32(36,37)38)18-25-13-24-6-4-5-20(3)28(24)41-29(25)43(15-21-7-8-21)16-22-9-10-22/h4-6,11-14,19,21-22H,7-10,15-18,40H2,1-3H3,(H2,39,42). The molecule has 0 atom stereocenters. The van der Waals surface area contributed by atoms with Gasteiger partial charge in [0.2, 0.25) is 5.96 Å². The number of halogens is 6. The maximum absolute atomic E-state index is 13.7. The highest BCUT2D eigenvalue weighted by atomic mass is 19.4. The molecule has 1 aromatic heterocycles. The molecule has 5 rings (SSSR count). The molecule has 0 saturated heterocycles. The summed E-state index contributed by atoms with van der Waals surface area (Å²) < 4.78 is 82.3. The van der Waals surface area contributed by atoms with Crippen molar-refractivity contribution in [2.45, 2.75) is 77.9 Å². The molecule has 2 aliphatic rings. The zero-order valence-corrected chi connectivity index (χ0v) is 25.6. The number of hydrazine groups is 1. The van der Waals surface area contributed by atoms with Gasteiger partial charge in [-0.05, 0) is 93.7 Å². The second-order valence-corrected chi connectivity index (χ2v) is 12.6.